The second-order valence-corrected chi connectivity index (χ2v) is 4.14. The molecule has 78 valence electrons. The maximum absolute atomic E-state index is 8.94. The van der Waals surface area contributed by atoms with Gasteiger partial charge in [-0.3, -0.25) is 0 Å². The lowest BCUT2D eigenvalue weighted by molar-refractivity contribution is 0.247. The third-order valence-corrected chi connectivity index (χ3v) is 2.85. The number of rotatable bonds is 3. The molecule has 0 bridgehead atoms. The molecule has 0 heterocycles. The second kappa shape index (κ2) is 4.11. The van der Waals surface area contributed by atoms with Crippen molar-refractivity contribution in [2.24, 2.45) is 5.73 Å². The minimum atomic E-state index is -0.426. The topological polar surface area (TPSA) is 46.2 Å². The summed E-state index contributed by atoms with van der Waals surface area (Å²) in [5.74, 6) is 0. The van der Waals surface area contributed by atoms with Crippen LogP contribution in [0.4, 0.5) is 0 Å². The predicted octanol–water partition coefficient (Wildman–Crippen LogP) is 1.86. The van der Waals surface area contributed by atoms with Crippen molar-refractivity contribution in [3.63, 3.8) is 0 Å². The molecule has 1 rings (SSSR count). The standard InChI is InChI=1S/C12H19NO/c1-9-5-4-6-11(10(9)2)12(3,13)7-8-14/h4-6,14H,7-8,13H2,1-3H3/t12-/m0/s1. The van der Waals surface area contributed by atoms with Crippen LogP contribution in [0.1, 0.15) is 30.0 Å². The van der Waals surface area contributed by atoms with Crippen LogP contribution in [0.15, 0.2) is 18.2 Å². The lowest BCUT2D eigenvalue weighted by Gasteiger charge is -2.27. The van der Waals surface area contributed by atoms with Crippen molar-refractivity contribution in [1.29, 1.82) is 0 Å². The minimum absolute atomic E-state index is 0.125. The van der Waals surface area contributed by atoms with E-state index in [1.807, 2.05) is 19.1 Å². The molecular weight excluding hydrogens is 174 g/mol. The maximum atomic E-state index is 8.94. The highest BCUT2D eigenvalue weighted by molar-refractivity contribution is 5.37. The van der Waals surface area contributed by atoms with Gasteiger partial charge in [0, 0.05) is 12.1 Å². The van der Waals surface area contributed by atoms with E-state index in [1.165, 1.54) is 11.1 Å². The molecule has 2 heteroatoms. The number of hydrogen-bond donors (Lipinski definition) is 2. The summed E-state index contributed by atoms with van der Waals surface area (Å²) in [7, 11) is 0. The van der Waals surface area contributed by atoms with E-state index >= 15 is 0 Å². The fraction of sp³-hybridized carbons (Fsp3) is 0.500. The molecule has 0 radical (unpaired) electrons. The molecule has 0 aliphatic rings. The quantitative estimate of drug-likeness (QED) is 0.769. The fourth-order valence-corrected chi connectivity index (χ4v) is 1.74. The number of aryl methyl sites for hydroxylation is 1. The lowest BCUT2D eigenvalue weighted by Crippen LogP contribution is -2.35. The van der Waals surface area contributed by atoms with E-state index in [4.69, 9.17) is 10.8 Å². The Labute approximate surface area is 85.8 Å². The molecule has 0 aliphatic heterocycles. The van der Waals surface area contributed by atoms with Crippen molar-refractivity contribution >= 4 is 0 Å². The van der Waals surface area contributed by atoms with Gasteiger partial charge in [-0.15, -0.1) is 0 Å². The summed E-state index contributed by atoms with van der Waals surface area (Å²) in [5.41, 5.74) is 9.34. The first-order chi connectivity index (χ1) is 6.49. The van der Waals surface area contributed by atoms with Crippen molar-refractivity contribution in [3.8, 4) is 0 Å². The number of aliphatic hydroxyl groups excluding tert-OH is 1. The van der Waals surface area contributed by atoms with E-state index in [9.17, 15) is 0 Å². The Kier molecular flexibility index (Phi) is 3.29. The zero-order valence-electron chi connectivity index (χ0n) is 9.17. The lowest BCUT2D eigenvalue weighted by atomic mass is 9.85. The van der Waals surface area contributed by atoms with Crippen molar-refractivity contribution in [2.45, 2.75) is 32.7 Å². The van der Waals surface area contributed by atoms with Crippen molar-refractivity contribution in [3.05, 3.63) is 34.9 Å². The summed E-state index contributed by atoms with van der Waals surface area (Å²) in [6, 6.07) is 6.13. The molecule has 0 aromatic heterocycles. The number of nitrogens with two attached hydrogens (primary N) is 1. The van der Waals surface area contributed by atoms with Gasteiger partial charge < -0.3 is 10.8 Å². The average Bonchev–Trinajstić information content (AvgIpc) is 2.09. The van der Waals surface area contributed by atoms with E-state index in [0.29, 0.717) is 6.42 Å². The van der Waals surface area contributed by atoms with Gasteiger partial charge in [0.05, 0.1) is 0 Å². The average molecular weight is 193 g/mol. The molecule has 0 unspecified atom stereocenters. The SMILES string of the molecule is Cc1cccc([C@@](C)(N)CCO)c1C. The van der Waals surface area contributed by atoms with Gasteiger partial charge in [0.1, 0.15) is 0 Å². The largest absolute Gasteiger partial charge is 0.396 e. The third kappa shape index (κ3) is 2.14. The van der Waals surface area contributed by atoms with Crippen LogP contribution >= 0.6 is 0 Å². The molecule has 14 heavy (non-hydrogen) atoms. The van der Waals surface area contributed by atoms with Gasteiger partial charge >= 0.3 is 0 Å². The zero-order chi connectivity index (χ0) is 10.8. The van der Waals surface area contributed by atoms with Crippen LogP contribution in [0, 0.1) is 13.8 Å². The molecule has 0 aliphatic carbocycles. The molecular formula is C12H19NO. The highest BCUT2D eigenvalue weighted by Gasteiger charge is 2.22. The highest BCUT2D eigenvalue weighted by Crippen LogP contribution is 2.26. The van der Waals surface area contributed by atoms with Crippen LogP contribution in [0.5, 0.6) is 0 Å². The van der Waals surface area contributed by atoms with Gasteiger partial charge in [-0.25, -0.2) is 0 Å². The molecule has 3 N–H and O–H groups in total. The van der Waals surface area contributed by atoms with E-state index in [-0.39, 0.29) is 6.61 Å². The van der Waals surface area contributed by atoms with Gasteiger partial charge in [-0.2, -0.15) is 0 Å². The van der Waals surface area contributed by atoms with Gasteiger partial charge in [0.15, 0.2) is 0 Å². The highest BCUT2D eigenvalue weighted by atomic mass is 16.3. The van der Waals surface area contributed by atoms with Crippen molar-refractivity contribution in [1.82, 2.24) is 0 Å². The van der Waals surface area contributed by atoms with Crippen LogP contribution in [0.3, 0.4) is 0 Å². The Hall–Kier alpha value is -0.860. The van der Waals surface area contributed by atoms with Gasteiger partial charge in [-0.1, -0.05) is 18.2 Å². The Bertz CT molecular complexity index is 318. The molecule has 0 fully saturated rings. The van der Waals surface area contributed by atoms with Crippen LogP contribution < -0.4 is 5.73 Å². The molecule has 1 aromatic rings. The molecule has 0 spiro atoms. The van der Waals surface area contributed by atoms with Crippen LogP contribution in [-0.2, 0) is 5.54 Å². The van der Waals surface area contributed by atoms with E-state index < -0.39 is 5.54 Å². The number of hydrogen-bond acceptors (Lipinski definition) is 2. The Morgan fingerprint density at radius 2 is 2.00 bits per heavy atom. The smallest absolute Gasteiger partial charge is 0.0451 e. The predicted molar refractivity (Wildman–Crippen MR) is 59.2 cm³/mol. The fourth-order valence-electron chi connectivity index (χ4n) is 1.74. The summed E-state index contributed by atoms with van der Waals surface area (Å²) in [6.07, 6.45) is 0.595. The third-order valence-electron chi connectivity index (χ3n) is 2.85. The van der Waals surface area contributed by atoms with Crippen molar-refractivity contribution in [2.75, 3.05) is 6.61 Å². The van der Waals surface area contributed by atoms with Gasteiger partial charge in [-0.05, 0) is 43.9 Å². The number of aliphatic hydroxyl groups is 1. The molecule has 2 nitrogen and oxygen atoms in total. The molecule has 1 aromatic carbocycles. The van der Waals surface area contributed by atoms with Gasteiger partial charge in [0.2, 0.25) is 0 Å². The Balaban J connectivity index is 3.12. The van der Waals surface area contributed by atoms with Crippen molar-refractivity contribution < 1.29 is 5.11 Å². The summed E-state index contributed by atoms with van der Waals surface area (Å²) in [6.45, 7) is 6.24. The summed E-state index contributed by atoms with van der Waals surface area (Å²) in [5, 5.41) is 8.94. The summed E-state index contributed by atoms with van der Waals surface area (Å²) >= 11 is 0. The van der Waals surface area contributed by atoms with E-state index in [2.05, 4.69) is 19.9 Å². The van der Waals surface area contributed by atoms with Crippen LogP contribution in [0.25, 0.3) is 0 Å². The van der Waals surface area contributed by atoms with Crippen LogP contribution in [-0.4, -0.2) is 11.7 Å². The first kappa shape index (κ1) is 11.2. The molecule has 0 saturated heterocycles. The first-order valence-electron chi connectivity index (χ1n) is 4.95. The Morgan fingerprint density at radius 1 is 1.36 bits per heavy atom. The zero-order valence-corrected chi connectivity index (χ0v) is 9.17. The first-order valence-corrected chi connectivity index (χ1v) is 4.95. The normalized spacial score (nSPS) is 15.2. The van der Waals surface area contributed by atoms with Gasteiger partial charge in [0.25, 0.3) is 0 Å². The van der Waals surface area contributed by atoms with E-state index in [0.717, 1.165) is 5.56 Å². The Morgan fingerprint density at radius 3 is 2.57 bits per heavy atom. The second-order valence-electron chi connectivity index (χ2n) is 4.14. The summed E-state index contributed by atoms with van der Waals surface area (Å²) < 4.78 is 0. The maximum Gasteiger partial charge on any atom is 0.0451 e. The van der Waals surface area contributed by atoms with Crippen LogP contribution in [0.2, 0.25) is 0 Å². The van der Waals surface area contributed by atoms with E-state index in [1.54, 1.807) is 0 Å². The minimum Gasteiger partial charge on any atom is -0.396 e. The monoisotopic (exact) mass is 193 g/mol. The molecule has 1 atom stereocenters. The number of benzene rings is 1. The molecule has 0 saturated carbocycles. The summed E-state index contributed by atoms with van der Waals surface area (Å²) in [4.78, 5) is 0. The molecule has 0 amide bonds.